The van der Waals surface area contributed by atoms with Crippen molar-refractivity contribution in [3.05, 3.63) is 75.0 Å². The third-order valence-electron chi connectivity index (χ3n) is 6.61. The molecule has 0 aromatic heterocycles. The van der Waals surface area contributed by atoms with Gasteiger partial charge in [-0.3, -0.25) is 15.1 Å². The van der Waals surface area contributed by atoms with E-state index in [2.05, 4.69) is 5.48 Å². The highest BCUT2D eigenvalue weighted by molar-refractivity contribution is 6.35. The predicted molar refractivity (Wildman–Crippen MR) is 119 cm³/mol. The van der Waals surface area contributed by atoms with Crippen LogP contribution in [0.2, 0.25) is 10.0 Å². The molecule has 1 saturated heterocycles. The molecule has 4 nitrogen and oxygen atoms in total. The number of benzene rings is 2. The minimum absolute atomic E-state index is 0.0202. The number of hydrogen-bond donors (Lipinski definition) is 1. The van der Waals surface area contributed by atoms with Crippen LogP contribution in [0.15, 0.2) is 42.5 Å². The molecule has 11 heteroatoms. The van der Waals surface area contributed by atoms with Crippen molar-refractivity contribution in [1.29, 1.82) is 0 Å². The summed E-state index contributed by atoms with van der Waals surface area (Å²) in [4.78, 5) is 18.6. The number of hydroxylamine groups is 1. The normalized spacial score (nSPS) is 23.5. The second-order valence-corrected chi connectivity index (χ2v) is 10.0. The van der Waals surface area contributed by atoms with Gasteiger partial charge >= 0.3 is 6.18 Å². The number of amides is 1. The van der Waals surface area contributed by atoms with Crippen LogP contribution < -0.4 is 5.48 Å². The van der Waals surface area contributed by atoms with E-state index in [-0.39, 0.29) is 24.7 Å². The van der Waals surface area contributed by atoms with E-state index in [1.165, 1.54) is 29.2 Å². The predicted octanol–water partition coefficient (Wildman–Crippen LogP) is 6.27. The summed E-state index contributed by atoms with van der Waals surface area (Å²) in [6, 6.07) is 7.48. The fourth-order valence-corrected chi connectivity index (χ4v) is 4.81. The monoisotopic (exact) mass is 532 g/mol. The molecule has 186 valence electrons. The zero-order valence-corrected chi connectivity index (χ0v) is 19.6. The fraction of sp³-hybridized carbons (Fsp3) is 0.375. The molecule has 5 rings (SSSR count). The summed E-state index contributed by atoms with van der Waals surface area (Å²) in [6.45, 7) is -0.101. The second kappa shape index (κ2) is 8.35. The minimum atomic E-state index is -4.95. The van der Waals surface area contributed by atoms with E-state index in [1.54, 1.807) is 0 Å². The highest BCUT2D eigenvalue weighted by Gasteiger charge is 2.60. The van der Waals surface area contributed by atoms with Crippen LogP contribution in [0.3, 0.4) is 0 Å². The summed E-state index contributed by atoms with van der Waals surface area (Å²) in [6.07, 6.45) is -1.63. The number of rotatable bonds is 5. The molecule has 1 atom stereocenters. The Morgan fingerprint density at radius 2 is 1.69 bits per heavy atom. The Kier molecular flexibility index (Phi) is 5.81. The number of alkyl halides is 4. The van der Waals surface area contributed by atoms with Crippen LogP contribution in [0.25, 0.3) is 5.70 Å². The van der Waals surface area contributed by atoms with Crippen LogP contribution >= 0.6 is 23.2 Å². The average molecular weight is 533 g/mol. The first-order valence-electron chi connectivity index (χ1n) is 10.9. The minimum Gasteiger partial charge on any atom is -0.335 e. The van der Waals surface area contributed by atoms with Crippen LogP contribution in [0, 0.1) is 11.7 Å². The van der Waals surface area contributed by atoms with Crippen LogP contribution in [-0.2, 0) is 20.9 Å². The van der Waals surface area contributed by atoms with Gasteiger partial charge in [0.25, 0.3) is 0 Å². The van der Waals surface area contributed by atoms with E-state index in [0.29, 0.717) is 23.5 Å². The molecule has 2 aliphatic heterocycles. The smallest absolute Gasteiger partial charge is 0.335 e. The molecule has 3 aliphatic rings. The van der Waals surface area contributed by atoms with Crippen molar-refractivity contribution in [3.8, 4) is 0 Å². The van der Waals surface area contributed by atoms with Gasteiger partial charge in [-0.1, -0.05) is 47.5 Å². The Labute approximate surface area is 207 Å². The highest BCUT2D eigenvalue weighted by atomic mass is 35.5. The number of halogens is 7. The van der Waals surface area contributed by atoms with Gasteiger partial charge in [-0.2, -0.15) is 13.2 Å². The number of carbonyl (C=O) groups is 1. The summed E-state index contributed by atoms with van der Waals surface area (Å²) < 4.78 is 71.5. The fourth-order valence-electron chi connectivity index (χ4n) is 4.32. The number of hydrogen-bond acceptors (Lipinski definition) is 3. The summed E-state index contributed by atoms with van der Waals surface area (Å²) in [5, 5.41) is -1.16. The van der Waals surface area contributed by atoms with E-state index in [1.807, 2.05) is 0 Å². The molecule has 2 fully saturated rings. The third-order valence-corrected chi connectivity index (χ3v) is 7.16. The molecule has 2 aromatic carbocycles. The molecule has 1 N–H and O–H groups in total. The van der Waals surface area contributed by atoms with E-state index in [0.717, 1.165) is 31.1 Å². The van der Waals surface area contributed by atoms with Crippen molar-refractivity contribution < 1.29 is 31.6 Å². The standard InChI is InChI=1S/C24H19Cl2F5N2O2/c25-17-8-16(9-18(26)21(17)27)23(24(29,30)31)10-19(32-35-23)14-3-5-15(6-4-14)22(28)11-33(12-22)20(34)7-13-1-2-13/h3-6,8-10,13,32H,1-2,7,11-12H2. The molecule has 2 heterocycles. The van der Waals surface area contributed by atoms with E-state index in [9.17, 15) is 22.4 Å². The molecule has 1 amide bonds. The van der Waals surface area contributed by atoms with Gasteiger partial charge in [0, 0.05) is 12.0 Å². The Bertz CT molecular complexity index is 1180. The van der Waals surface area contributed by atoms with Gasteiger partial charge in [0.2, 0.25) is 11.5 Å². The Morgan fingerprint density at radius 3 is 2.23 bits per heavy atom. The first kappa shape index (κ1) is 24.3. The summed E-state index contributed by atoms with van der Waals surface area (Å²) in [7, 11) is 0. The van der Waals surface area contributed by atoms with Crippen LogP contribution in [0.5, 0.6) is 0 Å². The van der Waals surface area contributed by atoms with E-state index in [4.69, 9.17) is 28.0 Å². The number of likely N-dealkylation sites (tertiary alicyclic amines) is 1. The molecular formula is C24H19Cl2F5N2O2. The van der Waals surface area contributed by atoms with Crippen molar-refractivity contribution in [2.24, 2.45) is 5.92 Å². The Balaban J connectivity index is 1.38. The zero-order chi connectivity index (χ0) is 25.2. The van der Waals surface area contributed by atoms with Crippen molar-refractivity contribution in [3.63, 3.8) is 0 Å². The molecule has 1 aliphatic carbocycles. The lowest BCUT2D eigenvalue weighted by Gasteiger charge is -2.45. The Morgan fingerprint density at radius 1 is 1.09 bits per heavy atom. The molecule has 0 spiro atoms. The summed E-state index contributed by atoms with van der Waals surface area (Å²) in [5.41, 5.74) is -2.30. The lowest BCUT2D eigenvalue weighted by atomic mass is 9.86. The lowest BCUT2D eigenvalue weighted by Crippen LogP contribution is -2.58. The quantitative estimate of drug-likeness (QED) is 0.364. The van der Waals surface area contributed by atoms with Crippen LogP contribution in [0.4, 0.5) is 22.0 Å². The molecule has 1 saturated carbocycles. The molecule has 0 radical (unpaired) electrons. The van der Waals surface area contributed by atoms with Crippen LogP contribution in [0.1, 0.15) is 36.0 Å². The van der Waals surface area contributed by atoms with Gasteiger partial charge in [-0.05, 0) is 48.1 Å². The topological polar surface area (TPSA) is 41.6 Å². The van der Waals surface area contributed by atoms with Gasteiger partial charge < -0.3 is 4.90 Å². The van der Waals surface area contributed by atoms with Gasteiger partial charge in [0.1, 0.15) is 0 Å². The summed E-state index contributed by atoms with van der Waals surface area (Å²) in [5.74, 6) is -0.681. The van der Waals surface area contributed by atoms with Gasteiger partial charge in [-0.25, -0.2) is 8.78 Å². The van der Waals surface area contributed by atoms with Gasteiger partial charge in [0.05, 0.1) is 28.8 Å². The van der Waals surface area contributed by atoms with Crippen LogP contribution in [-0.4, -0.2) is 30.1 Å². The largest absolute Gasteiger partial charge is 0.428 e. The number of nitrogens with one attached hydrogen (secondary N) is 1. The first-order valence-corrected chi connectivity index (χ1v) is 11.6. The molecule has 2 aromatic rings. The van der Waals surface area contributed by atoms with Crippen molar-refractivity contribution >= 4 is 34.8 Å². The molecule has 0 bridgehead atoms. The SMILES string of the molecule is O=C(CC1CC1)N1CC(F)(c2ccc(C3=CC(c4cc(Cl)c(F)c(Cl)c4)(C(F)(F)F)ON3)cc2)C1. The van der Waals surface area contributed by atoms with Crippen molar-refractivity contribution in [1.82, 2.24) is 10.4 Å². The van der Waals surface area contributed by atoms with Gasteiger partial charge in [-0.15, -0.1) is 0 Å². The average Bonchev–Trinajstić information content (AvgIpc) is 3.47. The maximum atomic E-state index is 15.3. The lowest BCUT2D eigenvalue weighted by molar-refractivity contribution is -0.269. The van der Waals surface area contributed by atoms with Crippen molar-refractivity contribution in [2.75, 3.05) is 13.1 Å². The summed E-state index contributed by atoms with van der Waals surface area (Å²) >= 11 is 11.4. The third kappa shape index (κ3) is 4.27. The van der Waals surface area contributed by atoms with E-state index < -0.39 is 38.9 Å². The Hall–Kier alpha value is -2.36. The molecule has 35 heavy (non-hydrogen) atoms. The molecule has 1 unspecified atom stereocenters. The maximum absolute atomic E-state index is 15.3. The molecular weight excluding hydrogens is 514 g/mol. The van der Waals surface area contributed by atoms with E-state index >= 15 is 4.39 Å². The second-order valence-electron chi connectivity index (χ2n) is 9.19. The zero-order valence-electron chi connectivity index (χ0n) is 18.1. The highest BCUT2D eigenvalue weighted by Crippen LogP contribution is 2.49. The number of nitrogens with zero attached hydrogens (tertiary/aromatic N) is 1. The maximum Gasteiger partial charge on any atom is 0.428 e. The first-order chi connectivity index (χ1) is 16.4. The van der Waals surface area contributed by atoms with Crippen molar-refractivity contribution in [2.45, 2.75) is 36.7 Å². The number of carbonyl (C=O) groups excluding carboxylic acids is 1. The van der Waals surface area contributed by atoms with Gasteiger partial charge in [0.15, 0.2) is 11.5 Å².